The van der Waals surface area contributed by atoms with Crippen molar-refractivity contribution < 1.29 is 13.5 Å². The van der Waals surface area contributed by atoms with E-state index in [0.29, 0.717) is 19.5 Å². The van der Waals surface area contributed by atoms with Crippen LogP contribution in [0.1, 0.15) is 18.5 Å². The minimum atomic E-state index is -2.92. The Morgan fingerprint density at radius 1 is 1.29 bits per heavy atom. The van der Waals surface area contributed by atoms with Gasteiger partial charge in [0.15, 0.2) is 5.75 Å². The van der Waals surface area contributed by atoms with Crippen molar-refractivity contribution in [1.82, 2.24) is 0 Å². The van der Waals surface area contributed by atoms with Crippen LogP contribution in [0.5, 0.6) is 5.75 Å². The van der Waals surface area contributed by atoms with Gasteiger partial charge in [-0.25, -0.2) is 0 Å². The summed E-state index contributed by atoms with van der Waals surface area (Å²) in [6, 6.07) is 4.71. The van der Waals surface area contributed by atoms with Crippen molar-refractivity contribution in [3.05, 3.63) is 43.0 Å². The van der Waals surface area contributed by atoms with Gasteiger partial charge in [0.1, 0.15) is 0 Å². The maximum absolute atomic E-state index is 12.5. The van der Waals surface area contributed by atoms with E-state index in [2.05, 4.69) is 26.0 Å². The molecule has 0 aliphatic rings. The van der Waals surface area contributed by atoms with Crippen LogP contribution in [0, 0.1) is 0 Å². The van der Waals surface area contributed by atoms with Crippen LogP contribution in [0.3, 0.4) is 0 Å². The Balaban J connectivity index is 2.29. The van der Waals surface area contributed by atoms with Crippen LogP contribution in [0.2, 0.25) is 9.36 Å². The average molecular weight is 417 g/mol. The zero-order valence-electron chi connectivity index (χ0n) is 10.7. The summed E-state index contributed by atoms with van der Waals surface area (Å²) in [5.41, 5.74) is 1.33. The lowest BCUT2D eigenvalue weighted by atomic mass is 10.1. The molecule has 0 saturated heterocycles. The molecule has 2 nitrogen and oxygen atoms in total. The van der Waals surface area contributed by atoms with Gasteiger partial charge in [0.05, 0.1) is 14.5 Å². The summed E-state index contributed by atoms with van der Waals surface area (Å²) in [5.74, 6) is 0.0163. The second kappa shape index (κ2) is 7.13. The third-order valence-corrected chi connectivity index (χ3v) is 4.59. The zero-order chi connectivity index (χ0) is 15.6. The highest BCUT2D eigenvalue weighted by atomic mass is 79.9. The maximum Gasteiger partial charge on any atom is 0.387 e. The molecule has 1 atom stereocenters. The molecule has 21 heavy (non-hydrogen) atoms. The fourth-order valence-electron chi connectivity index (χ4n) is 1.74. The second-order valence-electron chi connectivity index (χ2n) is 4.19. The van der Waals surface area contributed by atoms with Crippen LogP contribution in [0.15, 0.2) is 28.1 Å². The highest BCUT2D eigenvalue weighted by Crippen LogP contribution is 2.39. The molecular weight excluding hydrogens is 407 g/mol. The van der Waals surface area contributed by atoms with E-state index in [0.717, 1.165) is 5.56 Å². The average Bonchev–Trinajstić information content (AvgIpc) is 2.80. The van der Waals surface area contributed by atoms with Crippen molar-refractivity contribution in [3.8, 4) is 5.75 Å². The summed E-state index contributed by atoms with van der Waals surface area (Å²) < 4.78 is 30.6. The molecule has 1 aromatic carbocycles. The van der Waals surface area contributed by atoms with Crippen molar-refractivity contribution in [2.24, 2.45) is 0 Å². The third-order valence-electron chi connectivity index (χ3n) is 2.68. The van der Waals surface area contributed by atoms with Crippen molar-refractivity contribution >= 4 is 56.2 Å². The van der Waals surface area contributed by atoms with Crippen molar-refractivity contribution in [1.29, 1.82) is 0 Å². The van der Waals surface area contributed by atoms with Gasteiger partial charge in [-0.05, 0) is 52.0 Å². The Morgan fingerprint density at radius 2 is 2.00 bits per heavy atom. The van der Waals surface area contributed by atoms with Gasteiger partial charge < -0.3 is 10.1 Å². The molecular formula is C13H10BrCl2F2NOS. The molecule has 0 aliphatic carbocycles. The van der Waals surface area contributed by atoms with E-state index in [1.807, 2.05) is 18.4 Å². The van der Waals surface area contributed by atoms with Gasteiger partial charge in [0, 0.05) is 11.1 Å². The molecule has 2 rings (SSSR count). The van der Waals surface area contributed by atoms with Gasteiger partial charge in [-0.1, -0.05) is 23.2 Å². The minimum absolute atomic E-state index is 0.0163. The quantitative estimate of drug-likeness (QED) is 0.593. The van der Waals surface area contributed by atoms with Gasteiger partial charge in [-0.2, -0.15) is 8.78 Å². The van der Waals surface area contributed by atoms with E-state index in [-0.39, 0.29) is 11.8 Å². The standard InChI is InChI=1S/C13H10BrCl2F2NOS/c1-6(7-2-11(16)21-5-7)19-10-4-8(15)3-9(14)12(10)20-13(17)18/h2-6,13,19H,1H3. The van der Waals surface area contributed by atoms with Gasteiger partial charge >= 0.3 is 6.61 Å². The largest absolute Gasteiger partial charge is 0.431 e. The number of ether oxygens (including phenoxy) is 1. The number of benzene rings is 1. The first-order valence-corrected chi connectivity index (χ1v) is 8.24. The van der Waals surface area contributed by atoms with E-state index in [4.69, 9.17) is 23.2 Å². The first-order valence-electron chi connectivity index (χ1n) is 5.81. The highest BCUT2D eigenvalue weighted by molar-refractivity contribution is 9.10. The Kier molecular flexibility index (Phi) is 5.71. The van der Waals surface area contributed by atoms with E-state index < -0.39 is 6.61 Å². The van der Waals surface area contributed by atoms with E-state index in [1.165, 1.54) is 23.5 Å². The first-order chi connectivity index (χ1) is 9.86. The molecule has 0 spiro atoms. The number of hydrogen-bond donors (Lipinski definition) is 1. The summed E-state index contributed by atoms with van der Waals surface area (Å²) in [7, 11) is 0. The minimum Gasteiger partial charge on any atom is -0.431 e. The van der Waals surface area contributed by atoms with E-state index in [1.54, 1.807) is 0 Å². The predicted molar refractivity (Wildman–Crippen MR) is 87.2 cm³/mol. The molecule has 1 N–H and O–H groups in total. The smallest absolute Gasteiger partial charge is 0.387 e. The normalized spacial score (nSPS) is 12.5. The third kappa shape index (κ3) is 4.45. The van der Waals surface area contributed by atoms with E-state index >= 15 is 0 Å². The van der Waals surface area contributed by atoms with Gasteiger partial charge in [-0.3, -0.25) is 0 Å². The lowest BCUT2D eigenvalue weighted by molar-refractivity contribution is -0.0498. The van der Waals surface area contributed by atoms with Gasteiger partial charge in [0.2, 0.25) is 0 Å². The molecule has 0 amide bonds. The van der Waals surface area contributed by atoms with Crippen LogP contribution < -0.4 is 10.1 Å². The topological polar surface area (TPSA) is 21.3 Å². The fraction of sp³-hybridized carbons (Fsp3) is 0.231. The number of hydrogen-bond acceptors (Lipinski definition) is 3. The molecule has 2 aromatic rings. The molecule has 0 fully saturated rings. The molecule has 114 valence electrons. The summed E-state index contributed by atoms with van der Waals surface area (Å²) in [6.45, 7) is -1.03. The van der Waals surface area contributed by atoms with Crippen molar-refractivity contribution in [3.63, 3.8) is 0 Å². The molecule has 0 aliphatic heterocycles. The summed E-state index contributed by atoms with van der Waals surface area (Å²) >= 11 is 16.4. The maximum atomic E-state index is 12.5. The molecule has 1 heterocycles. The molecule has 8 heteroatoms. The molecule has 0 radical (unpaired) electrons. The monoisotopic (exact) mass is 415 g/mol. The Hall–Kier alpha value is -0.560. The Morgan fingerprint density at radius 3 is 2.57 bits per heavy atom. The van der Waals surface area contributed by atoms with Crippen molar-refractivity contribution in [2.75, 3.05) is 5.32 Å². The van der Waals surface area contributed by atoms with Gasteiger partial charge in [0.25, 0.3) is 0 Å². The first kappa shape index (κ1) is 16.8. The van der Waals surface area contributed by atoms with Gasteiger partial charge in [-0.15, -0.1) is 11.3 Å². The number of anilines is 1. The summed E-state index contributed by atoms with van der Waals surface area (Å²) in [6.07, 6.45) is 0. The highest BCUT2D eigenvalue weighted by Gasteiger charge is 2.17. The SMILES string of the molecule is CC(Nc1cc(Cl)cc(Br)c1OC(F)F)c1csc(Cl)c1. The number of halogens is 5. The number of nitrogens with one attached hydrogen (secondary N) is 1. The van der Waals surface area contributed by atoms with Crippen LogP contribution in [0.25, 0.3) is 0 Å². The lowest BCUT2D eigenvalue weighted by Crippen LogP contribution is -2.10. The van der Waals surface area contributed by atoms with Crippen LogP contribution in [-0.4, -0.2) is 6.61 Å². The Labute approximate surface area is 143 Å². The zero-order valence-corrected chi connectivity index (χ0v) is 14.6. The molecule has 0 saturated carbocycles. The molecule has 1 unspecified atom stereocenters. The summed E-state index contributed by atoms with van der Waals surface area (Å²) in [4.78, 5) is 0. The summed E-state index contributed by atoms with van der Waals surface area (Å²) in [5, 5.41) is 5.40. The van der Waals surface area contributed by atoms with Crippen LogP contribution in [-0.2, 0) is 0 Å². The fourth-order valence-corrected chi connectivity index (χ4v) is 3.63. The lowest BCUT2D eigenvalue weighted by Gasteiger charge is -2.19. The van der Waals surface area contributed by atoms with Crippen molar-refractivity contribution in [2.45, 2.75) is 19.6 Å². The molecule has 0 bridgehead atoms. The number of alkyl halides is 2. The number of thiophene rings is 1. The van der Waals surface area contributed by atoms with E-state index in [9.17, 15) is 8.78 Å². The second-order valence-corrected chi connectivity index (χ2v) is 7.03. The van der Waals surface area contributed by atoms with Crippen LogP contribution >= 0.6 is 50.5 Å². The Bertz CT molecular complexity index is 639. The molecule has 1 aromatic heterocycles. The number of rotatable bonds is 5. The predicted octanol–water partition coefficient (Wildman–Crippen LogP) is 6.59. The van der Waals surface area contributed by atoms with Crippen LogP contribution in [0.4, 0.5) is 14.5 Å².